The van der Waals surface area contributed by atoms with Gasteiger partial charge in [0.2, 0.25) is 11.8 Å². The molecule has 6 rings (SSSR count). The molecule has 0 bridgehead atoms. The molecule has 222 valence electrons. The van der Waals surface area contributed by atoms with E-state index in [2.05, 4.69) is 17.4 Å². The summed E-state index contributed by atoms with van der Waals surface area (Å²) in [6.07, 6.45) is 1.62. The largest absolute Gasteiger partial charge is 0.480 e. The van der Waals surface area contributed by atoms with Gasteiger partial charge in [-0.25, -0.2) is 9.59 Å². The molecule has 43 heavy (non-hydrogen) atoms. The number of likely N-dealkylation sites (tertiary alicyclic amines) is 2. The number of nitrogens with one attached hydrogen (secondary N) is 1. The molecule has 3 atom stereocenters. The van der Waals surface area contributed by atoms with Gasteiger partial charge in [0, 0.05) is 25.4 Å². The van der Waals surface area contributed by atoms with Crippen LogP contribution in [-0.4, -0.2) is 76.6 Å². The molecule has 0 radical (unpaired) electrons. The number of amides is 3. The minimum absolute atomic E-state index is 0.114. The van der Waals surface area contributed by atoms with E-state index >= 15 is 0 Å². The van der Waals surface area contributed by atoms with E-state index in [1.54, 1.807) is 0 Å². The summed E-state index contributed by atoms with van der Waals surface area (Å²) >= 11 is 0. The van der Waals surface area contributed by atoms with E-state index in [4.69, 9.17) is 4.74 Å². The van der Waals surface area contributed by atoms with Crippen molar-refractivity contribution >= 4 is 23.9 Å². The number of hydrogen-bond acceptors (Lipinski definition) is 5. The Balaban J connectivity index is 1.18. The molecule has 9 nitrogen and oxygen atoms in total. The molecular formula is C34H35N3O6. The SMILES string of the molecule is O=C(N[C@@H](Cc1ccccc1)C(=O)N1CCC[C@@H]1C(=O)N1CCC[C@@H]1C(=O)O)OCC1c2ccccc2-c2ccccc21. The third-order valence-electron chi connectivity index (χ3n) is 8.86. The molecule has 0 unspecified atom stereocenters. The molecule has 2 fully saturated rings. The number of carboxylic acids is 1. The summed E-state index contributed by atoms with van der Waals surface area (Å²) in [6.45, 7) is 0.834. The smallest absolute Gasteiger partial charge is 0.407 e. The number of carbonyl (C=O) groups excluding carboxylic acids is 3. The maximum absolute atomic E-state index is 14.0. The summed E-state index contributed by atoms with van der Waals surface area (Å²) in [4.78, 5) is 55.4. The average molecular weight is 582 g/mol. The number of hydrogen-bond donors (Lipinski definition) is 2. The Hall–Kier alpha value is -4.66. The van der Waals surface area contributed by atoms with Gasteiger partial charge in [0.25, 0.3) is 0 Å². The Morgan fingerprint density at radius 2 is 1.37 bits per heavy atom. The van der Waals surface area contributed by atoms with Gasteiger partial charge in [-0.1, -0.05) is 78.9 Å². The minimum atomic E-state index is -1.03. The quantitative estimate of drug-likeness (QED) is 0.412. The van der Waals surface area contributed by atoms with Crippen molar-refractivity contribution in [3.63, 3.8) is 0 Å². The van der Waals surface area contributed by atoms with Crippen LogP contribution >= 0.6 is 0 Å². The summed E-state index contributed by atoms with van der Waals surface area (Å²) in [5.74, 6) is -1.86. The first-order chi connectivity index (χ1) is 20.9. The summed E-state index contributed by atoms with van der Waals surface area (Å²) in [7, 11) is 0. The topological polar surface area (TPSA) is 116 Å². The number of rotatable bonds is 8. The van der Waals surface area contributed by atoms with Crippen molar-refractivity contribution in [3.05, 3.63) is 95.6 Å². The van der Waals surface area contributed by atoms with Crippen molar-refractivity contribution in [1.29, 1.82) is 0 Å². The molecule has 0 saturated carbocycles. The molecule has 2 saturated heterocycles. The lowest BCUT2D eigenvalue weighted by atomic mass is 9.98. The number of alkyl carbamates (subject to hydrolysis) is 1. The monoisotopic (exact) mass is 581 g/mol. The Bertz CT molecular complexity index is 1480. The lowest BCUT2D eigenvalue weighted by molar-refractivity contribution is -0.152. The van der Waals surface area contributed by atoms with Crippen LogP contribution in [0.5, 0.6) is 0 Å². The van der Waals surface area contributed by atoms with E-state index < -0.39 is 30.2 Å². The lowest BCUT2D eigenvalue weighted by Crippen LogP contribution is -2.56. The van der Waals surface area contributed by atoms with E-state index in [0.717, 1.165) is 27.8 Å². The molecule has 0 spiro atoms. The summed E-state index contributed by atoms with van der Waals surface area (Å²) < 4.78 is 5.76. The second-order valence-corrected chi connectivity index (χ2v) is 11.4. The van der Waals surface area contributed by atoms with Crippen LogP contribution in [0.3, 0.4) is 0 Å². The molecule has 2 heterocycles. The third kappa shape index (κ3) is 5.71. The van der Waals surface area contributed by atoms with E-state index in [-0.39, 0.29) is 30.8 Å². The molecule has 0 aromatic heterocycles. The van der Waals surface area contributed by atoms with Crippen molar-refractivity contribution in [1.82, 2.24) is 15.1 Å². The van der Waals surface area contributed by atoms with E-state index in [0.29, 0.717) is 38.8 Å². The predicted molar refractivity (Wildman–Crippen MR) is 159 cm³/mol. The number of carbonyl (C=O) groups is 4. The minimum Gasteiger partial charge on any atom is -0.480 e. The van der Waals surface area contributed by atoms with Crippen LogP contribution in [0, 0.1) is 0 Å². The average Bonchev–Trinajstić information content (AvgIpc) is 3.78. The molecule has 3 aliphatic rings. The van der Waals surface area contributed by atoms with E-state index in [9.17, 15) is 24.3 Å². The van der Waals surface area contributed by atoms with Crippen LogP contribution < -0.4 is 5.32 Å². The second-order valence-electron chi connectivity index (χ2n) is 11.4. The maximum atomic E-state index is 14.0. The highest BCUT2D eigenvalue weighted by Crippen LogP contribution is 2.44. The number of ether oxygens (including phenoxy) is 1. The fourth-order valence-electron chi connectivity index (χ4n) is 6.80. The van der Waals surface area contributed by atoms with Crippen molar-refractivity contribution in [2.45, 2.75) is 56.1 Å². The molecule has 1 aliphatic carbocycles. The van der Waals surface area contributed by atoms with Crippen LogP contribution in [0.1, 0.15) is 48.3 Å². The van der Waals surface area contributed by atoms with Gasteiger partial charge >= 0.3 is 12.1 Å². The first-order valence-electron chi connectivity index (χ1n) is 14.9. The molecule has 2 aliphatic heterocycles. The van der Waals surface area contributed by atoms with Gasteiger partial charge in [-0.3, -0.25) is 9.59 Å². The number of fused-ring (bicyclic) bond motifs is 3. The van der Waals surface area contributed by atoms with Crippen LogP contribution in [0.4, 0.5) is 4.79 Å². The second kappa shape index (κ2) is 12.3. The maximum Gasteiger partial charge on any atom is 0.407 e. The van der Waals surface area contributed by atoms with Crippen molar-refractivity contribution in [2.75, 3.05) is 19.7 Å². The zero-order valence-corrected chi connectivity index (χ0v) is 23.9. The standard InChI is InChI=1S/C34H35N3O6/c38-31(36-18-8-16-29(36)32(39)37-19-9-17-30(37)33(40)41)28(20-22-10-2-1-3-11-22)35-34(42)43-21-27-25-14-6-4-12-23(25)24-13-5-7-15-26(24)27/h1-7,10-15,27-30H,8-9,16-21H2,(H,35,42)(H,40,41)/t28-,29+,30+/m0/s1. The van der Waals surface area contributed by atoms with Gasteiger partial charge in [0.15, 0.2) is 0 Å². The van der Waals surface area contributed by atoms with Crippen LogP contribution in [0.15, 0.2) is 78.9 Å². The number of nitrogens with zero attached hydrogens (tertiary/aromatic N) is 2. The Morgan fingerprint density at radius 3 is 2.02 bits per heavy atom. The van der Waals surface area contributed by atoms with E-state index in [1.165, 1.54) is 9.80 Å². The predicted octanol–water partition coefficient (Wildman–Crippen LogP) is 4.20. The van der Waals surface area contributed by atoms with Gasteiger partial charge in [-0.15, -0.1) is 0 Å². The number of aliphatic carboxylic acids is 1. The third-order valence-corrected chi connectivity index (χ3v) is 8.86. The summed E-state index contributed by atoms with van der Waals surface area (Å²) in [5, 5.41) is 12.4. The van der Waals surface area contributed by atoms with Crippen LogP contribution in [0.2, 0.25) is 0 Å². The molecule has 3 aromatic rings. The fraction of sp³-hybridized carbons (Fsp3) is 0.353. The zero-order valence-electron chi connectivity index (χ0n) is 23.9. The van der Waals surface area contributed by atoms with Gasteiger partial charge < -0.3 is 25.0 Å². The molecule has 3 amide bonds. The van der Waals surface area contributed by atoms with Crippen LogP contribution in [-0.2, 0) is 25.5 Å². The molecular weight excluding hydrogens is 546 g/mol. The first-order valence-corrected chi connectivity index (χ1v) is 14.9. The summed E-state index contributed by atoms with van der Waals surface area (Å²) in [6, 6.07) is 22.9. The van der Waals surface area contributed by atoms with Gasteiger partial charge in [-0.05, 0) is 53.5 Å². The Morgan fingerprint density at radius 1 is 0.791 bits per heavy atom. The highest BCUT2D eigenvalue weighted by atomic mass is 16.5. The van der Waals surface area contributed by atoms with Gasteiger partial charge in [0.05, 0.1) is 0 Å². The van der Waals surface area contributed by atoms with Gasteiger partial charge in [0.1, 0.15) is 24.7 Å². The Labute approximate surface area is 250 Å². The summed E-state index contributed by atoms with van der Waals surface area (Å²) in [5.41, 5.74) is 5.28. The fourth-order valence-corrected chi connectivity index (χ4v) is 6.80. The number of benzene rings is 3. The zero-order chi connectivity index (χ0) is 29.9. The van der Waals surface area contributed by atoms with Crippen LogP contribution in [0.25, 0.3) is 11.1 Å². The molecule has 2 N–H and O–H groups in total. The Kier molecular flexibility index (Phi) is 8.13. The first kappa shape index (κ1) is 28.5. The van der Waals surface area contributed by atoms with Crippen molar-refractivity contribution in [3.8, 4) is 11.1 Å². The highest BCUT2D eigenvalue weighted by Gasteiger charge is 2.43. The van der Waals surface area contributed by atoms with Crippen molar-refractivity contribution < 1.29 is 29.0 Å². The molecule has 3 aromatic carbocycles. The van der Waals surface area contributed by atoms with Crippen molar-refractivity contribution in [2.24, 2.45) is 0 Å². The highest BCUT2D eigenvalue weighted by molar-refractivity contribution is 5.94. The van der Waals surface area contributed by atoms with E-state index in [1.807, 2.05) is 66.7 Å². The number of carboxylic acid groups (broad SMARTS) is 1. The molecule has 9 heteroatoms. The van der Waals surface area contributed by atoms with Gasteiger partial charge in [-0.2, -0.15) is 0 Å². The lowest BCUT2D eigenvalue weighted by Gasteiger charge is -2.32. The normalized spacial score (nSPS) is 19.9.